The Labute approximate surface area is 530 Å². The minimum atomic E-state index is -1.10. The van der Waals surface area contributed by atoms with Crippen molar-refractivity contribution < 1.29 is 0 Å². The molecule has 2 aliphatic heterocycles. The molecule has 5 heteroatoms. The Kier molecular flexibility index (Phi) is 14.2. The lowest BCUT2D eigenvalue weighted by molar-refractivity contribution is 0.568. The van der Waals surface area contributed by atoms with Gasteiger partial charge in [0.1, 0.15) is 0 Å². The first-order valence-electron chi connectivity index (χ1n) is 32.1. The quantitative estimate of drug-likeness (QED) is 0.174. The Hall–Kier alpha value is -8.30. The number of fused-ring (bicyclic) bond motifs is 11. The van der Waals surface area contributed by atoms with E-state index in [1.807, 2.05) is 0 Å². The number of hydrogen-bond donors (Lipinski definition) is 2. The van der Waals surface area contributed by atoms with Crippen molar-refractivity contribution in [3.63, 3.8) is 0 Å². The van der Waals surface area contributed by atoms with Crippen LogP contribution in [0.3, 0.4) is 0 Å². The summed E-state index contributed by atoms with van der Waals surface area (Å²) >= 11 is 0. The van der Waals surface area contributed by atoms with E-state index in [4.69, 9.17) is 9.97 Å². The van der Waals surface area contributed by atoms with Crippen molar-refractivity contribution >= 4 is 53.4 Å². The van der Waals surface area contributed by atoms with E-state index in [9.17, 15) is 0 Å². The molecule has 0 spiro atoms. The molecule has 0 amide bonds. The zero-order chi connectivity index (χ0) is 63.1. The van der Waals surface area contributed by atoms with E-state index in [2.05, 4.69) is 323 Å². The van der Waals surface area contributed by atoms with Crippen molar-refractivity contribution in [1.29, 1.82) is 0 Å². The van der Waals surface area contributed by atoms with E-state index in [0.29, 0.717) is 0 Å². The van der Waals surface area contributed by atoms with Crippen molar-refractivity contribution in [1.82, 2.24) is 19.9 Å². The van der Waals surface area contributed by atoms with Gasteiger partial charge < -0.3 is 9.97 Å². The van der Waals surface area contributed by atoms with E-state index >= 15 is 0 Å². The molecule has 1 atom stereocenters. The average Bonchev–Trinajstić information content (AvgIpc) is 1.53. The third kappa shape index (κ3) is 10.8. The van der Waals surface area contributed by atoms with Gasteiger partial charge in [0, 0.05) is 71.6 Å². The Balaban J connectivity index is 1.28. The Morgan fingerprint density at radius 2 is 0.607 bits per heavy atom. The first kappa shape index (κ1) is 59.7. The highest BCUT2D eigenvalue weighted by molar-refractivity contribution is 7.63. The minimum Gasteiger partial charge on any atom is -0.354 e. The molecule has 448 valence electrons. The molecule has 10 aromatic rings. The summed E-state index contributed by atoms with van der Waals surface area (Å²) in [5.74, 6) is 0. The van der Waals surface area contributed by atoms with Gasteiger partial charge in [-0.1, -0.05) is 278 Å². The molecule has 2 N–H and O–H groups in total. The van der Waals surface area contributed by atoms with E-state index in [1.54, 1.807) is 0 Å². The maximum atomic E-state index is 6.15. The summed E-state index contributed by atoms with van der Waals surface area (Å²) < 4.78 is 0. The molecule has 0 saturated carbocycles. The maximum absolute atomic E-state index is 6.15. The van der Waals surface area contributed by atoms with Crippen LogP contribution in [0.5, 0.6) is 0 Å². The van der Waals surface area contributed by atoms with Crippen LogP contribution in [0.1, 0.15) is 186 Å². The van der Waals surface area contributed by atoms with Crippen LogP contribution in [0.25, 0.3) is 117 Å². The second kappa shape index (κ2) is 21.2. The number of aromatic nitrogens is 4. The van der Waals surface area contributed by atoms with E-state index < -0.39 is 7.53 Å². The smallest absolute Gasteiger partial charge is 0.0816 e. The molecule has 6 aromatic carbocycles. The normalized spacial score (nSPS) is 13.7. The largest absolute Gasteiger partial charge is 0.354 e. The third-order valence-corrected chi connectivity index (χ3v) is 21.2. The lowest BCUT2D eigenvalue weighted by Gasteiger charge is -2.26. The predicted molar refractivity (Wildman–Crippen MR) is 386 cm³/mol. The van der Waals surface area contributed by atoms with Gasteiger partial charge in [0.15, 0.2) is 0 Å². The Bertz CT molecular complexity index is 4630. The number of nitrogens with zero attached hydrogens (tertiary/aromatic N) is 2. The van der Waals surface area contributed by atoms with Crippen molar-refractivity contribution in [2.24, 2.45) is 0 Å². The molecule has 0 radical (unpaired) electrons. The molecule has 3 aliphatic rings. The van der Waals surface area contributed by atoms with Crippen LogP contribution < -0.4 is 0 Å². The summed E-state index contributed by atoms with van der Waals surface area (Å²) in [5.41, 5.74) is 28.6. The summed E-state index contributed by atoms with van der Waals surface area (Å²) in [5, 5.41) is 4.02. The van der Waals surface area contributed by atoms with Gasteiger partial charge in [0.05, 0.1) is 22.8 Å². The van der Waals surface area contributed by atoms with E-state index in [1.165, 1.54) is 71.5 Å². The molecule has 0 fully saturated rings. The third-order valence-electron chi connectivity index (χ3n) is 18.5. The molecule has 89 heavy (non-hydrogen) atoms. The fourth-order valence-electron chi connectivity index (χ4n) is 13.2. The van der Waals surface area contributed by atoms with Gasteiger partial charge in [0.2, 0.25) is 0 Å². The highest BCUT2D eigenvalue weighted by atomic mass is 31.1. The number of nitrogens with one attached hydrogen (secondary N) is 2. The number of H-pyrrole nitrogens is 2. The number of benzene rings is 6. The van der Waals surface area contributed by atoms with Gasteiger partial charge >= 0.3 is 0 Å². The van der Waals surface area contributed by atoms with Crippen LogP contribution in [-0.2, 0) is 32.5 Å². The predicted octanol–water partition coefficient (Wildman–Crippen LogP) is 24.2. The van der Waals surface area contributed by atoms with E-state index in [-0.39, 0.29) is 32.5 Å². The van der Waals surface area contributed by atoms with Crippen LogP contribution in [0.2, 0.25) is 0 Å². The molecule has 13 rings (SSSR count). The topological polar surface area (TPSA) is 57.4 Å². The zero-order valence-corrected chi connectivity index (χ0v) is 56.6. The van der Waals surface area contributed by atoms with Crippen molar-refractivity contribution in [3.05, 3.63) is 232 Å². The molecule has 8 bridgehead atoms. The van der Waals surface area contributed by atoms with Crippen LogP contribution in [0.4, 0.5) is 0 Å². The number of hydrogen-bond acceptors (Lipinski definition) is 2. The fraction of sp³-hybridized carbons (Fsp3) is 0.286. The second-order valence-corrected chi connectivity index (χ2v) is 33.5. The Morgan fingerprint density at radius 1 is 0.292 bits per heavy atom. The molecule has 4 nitrogen and oxygen atoms in total. The van der Waals surface area contributed by atoms with Crippen molar-refractivity contribution in [3.8, 4) is 71.5 Å². The first-order chi connectivity index (χ1) is 41.9. The highest BCUT2D eigenvalue weighted by Gasteiger charge is 2.40. The van der Waals surface area contributed by atoms with Gasteiger partial charge in [-0.15, -0.1) is 0 Å². The summed E-state index contributed by atoms with van der Waals surface area (Å²) in [6.07, 6.45) is 6.99. The van der Waals surface area contributed by atoms with Crippen LogP contribution >= 0.6 is 7.53 Å². The zero-order valence-electron chi connectivity index (χ0n) is 55.7. The second-order valence-electron chi connectivity index (χ2n) is 31.4. The van der Waals surface area contributed by atoms with Gasteiger partial charge in [-0.2, -0.15) is 0 Å². The molecule has 6 heterocycles. The van der Waals surface area contributed by atoms with Gasteiger partial charge in [0.25, 0.3) is 0 Å². The molecular formula is C84H87N4P. The first-order valence-corrected chi connectivity index (χ1v) is 33.4. The van der Waals surface area contributed by atoms with Crippen LogP contribution in [0.15, 0.2) is 170 Å². The monoisotopic (exact) mass is 1180 g/mol. The molecular weight excluding hydrogens is 1100 g/mol. The summed E-state index contributed by atoms with van der Waals surface area (Å²) in [6.45, 7) is 42.0. The van der Waals surface area contributed by atoms with Crippen molar-refractivity contribution in [2.75, 3.05) is 0 Å². The molecule has 4 aromatic heterocycles. The van der Waals surface area contributed by atoms with Crippen LogP contribution in [0, 0.1) is 0 Å². The SMILES string of the molecule is CC(C)(C)c1cc(-c2c3nc(c(-c4cc(C(C)(C)C)cc(C(C)(C)C)c4)c4ccc([nH]4)c4c5nc(c(-c6cc(C(C)(C)C)cc(C(C)(C)C)c6)c6ccc2[nH]6)C=C5c2c-4c(-c4ccccc4)p(-c4ccccc4)c2-c2ccccc2)C=C3)cc(C(C)(C)C)c1. The lowest BCUT2D eigenvalue weighted by atomic mass is 9.78. The standard InChI is InChI=1S/C84H87N4P/c1-79(2,3)55-40-52(41-56(46-55)80(4,5)6)70-63-34-35-64(85-63)71(53-42-57(81(7,8)9)47-58(43-53)82(10,11)12)66-38-39-68(87-66)74-75-73(77(50-28-22-19-23-29-50)89(61-32-26-21-27-33-61)78(75)51-30-24-20-25-31-51)62-49-69(88-76(62)74)72(67-37-36-65(70)86-67)54-44-59(83(13,14)15)48-60(45-54)84(16,17)18/h19-49,86-87H,1-18H3. The average molecular weight is 1180 g/mol. The van der Waals surface area contributed by atoms with Gasteiger partial charge in [-0.05, 0) is 141 Å². The van der Waals surface area contributed by atoms with Crippen molar-refractivity contribution in [2.45, 2.75) is 157 Å². The summed E-state index contributed by atoms with van der Waals surface area (Å²) in [6, 6.07) is 64.8. The van der Waals surface area contributed by atoms with E-state index in [0.717, 1.165) is 89.4 Å². The molecule has 1 unspecified atom stereocenters. The summed E-state index contributed by atoms with van der Waals surface area (Å²) in [7, 11) is -1.10. The molecule has 0 saturated heterocycles. The Morgan fingerprint density at radius 3 is 0.955 bits per heavy atom. The maximum Gasteiger partial charge on any atom is 0.0816 e. The summed E-state index contributed by atoms with van der Waals surface area (Å²) in [4.78, 5) is 20.5. The van der Waals surface area contributed by atoms with Gasteiger partial charge in [-0.3, -0.25) is 0 Å². The number of aromatic amines is 2. The minimum absolute atomic E-state index is 0.118. The fourth-order valence-corrected chi connectivity index (χ4v) is 16.1. The number of rotatable bonds is 6. The highest BCUT2D eigenvalue weighted by Crippen LogP contribution is 2.69. The lowest BCUT2D eigenvalue weighted by Crippen LogP contribution is -2.16. The van der Waals surface area contributed by atoms with Gasteiger partial charge in [-0.25, -0.2) is 9.97 Å². The van der Waals surface area contributed by atoms with Crippen LogP contribution in [-0.4, -0.2) is 19.9 Å². The molecule has 1 aliphatic carbocycles.